The summed E-state index contributed by atoms with van der Waals surface area (Å²) in [6.45, 7) is 9.83. The first-order chi connectivity index (χ1) is 9.69. The summed E-state index contributed by atoms with van der Waals surface area (Å²) >= 11 is 6.36. The average molecular weight is 296 g/mol. The van der Waals surface area contributed by atoms with Gasteiger partial charge in [-0.1, -0.05) is 31.5 Å². The molecule has 1 aliphatic heterocycles. The first-order valence-electron chi connectivity index (χ1n) is 7.61. The summed E-state index contributed by atoms with van der Waals surface area (Å²) in [5.41, 5.74) is 2.42. The summed E-state index contributed by atoms with van der Waals surface area (Å²) in [6, 6.07) is 7.13. The molecule has 1 aromatic carbocycles. The van der Waals surface area contributed by atoms with Gasteiger partial charge in [-0.15, -0.1) is 0 Å². The minimum Gasteiger partial charge on any atom is -0.370 e. The van der Waals surface area contributed by atoms with Crippen LogP contribution in [0.2, 0.25) is 5.02 Å². The Bertz CT molecular complexity index is 432. The maximum Gasteiger partial charge on any atom is 0.0471 e. The van der Waals surface area contributed by atoms with E-state index < -0.39 is 0 Å². The van der Waals surface area contributed by atoms with Crippen molar-refractivity contribution in [2.24, 2.45) is 0 Å². The normalized spacial score (nSPS) is 19.1. The zero-order chi connectivity index (χ0) is 14.5. The number of hydrogen-bond acceptors (Lipinski definition) is 3. The van der Waals surface area contributed by atoms with E-state index in [1.807, 2.05) is 7.05 Å². The van der Waals surface area contributed by atoms with Crippen molar-refractivity contribution in [3.8, 4) is 0 Å². The molecule has 0 spiro atoms. The van der Waals surface area contributed by atoms with Gasteiger partial charge in [0.05, 0.1) is 0 Å². The van der Waals surface area contributed by atoms with Crippen LogP contribution in [-0.4, -0.2) is 44.2 Å². The van der Waals surface area contributed by atoms with Gasteiger partial charge in [0.1, 0.15) is 0 Å². The number of rotatable bonds is 6. The Balaban J connectivity index is 2.04. The van der Waals surface area contributed by atoms with Gasteiger partial charge >= 0.3 is 0 Å². The highest BCUT2D eigenvalue weighted by Gasteiger charge is 2.26. The quantitative estimate of drug-likeness (QED) is 0.870. The van der Waals surface area contributed by atoms with Gasteiger partial charge in [0, 0.05) is 36.4 Å². The van der Waals surface area contributed by atoms with Gasteiger partial charge in [-0.2, -0.15) is 0 Å². The molecular formula is C16H26ClN3. The topological polar surface area (TPSA) is 18.5 Å². The molecule has 1 saturated heterocycles. The van der Waals surface area contributed by atoms with E-state index in [0.717, 1.165) is 43.3 Å². The molecule has 0 aromatic heterocycles. The molecule has 1 aromatic rings. The Hall–Kier alpha value is -0.770. The van der Waals surface area contributed by atoms with Crippen molar-refractivity contribution in [3.05, 3.63) is 28.8 Å². The summed E-state index contributed by atoms with van der Waals surface area (Å²) in [5.74, 6) is 0. The summed E-state index contributed by atoms with van der Waals surface area (Å²) < 4.78 is 0. The largest absolute Gasteiger partial charge is 0.370 e. The van der Waals surface area contributed by atoms with E-state index in [1.54, 1.807) is 0 Å². The van der Waals surface area contributed by atoms with Gasteiger partial charge < -0.3 is 10.2 Å². The first kappa shape index (κ1) is 15.6. The van der Waals surface area contributed by atoms with Gasteiger partial charge in [0.2, 0.25) is 0 Å². The van der Waals surface area contributed by atoms with E-state index in [-0.39, 0.29) is 0 Å². The second-order valence-electron chi connectivity index (χ2n) is 5.42. The fourth-order valence-electron chi connectivity index (χ4n) is 3.08. The number of halogens is 1. The van der Waals surface area contributed by atoms with Crippen LogP contribution in [0.1, 0.15) is 25.8 Å². The summed E-state index contributed by atoms with van der Waals surface area (Å²) in [4.78, 5) is 5.01. The van der Waals surface area contributed by atoms with Crippen molar-refractivity contribution >= 4 is 17.3 Å². The minimum atomic E-state index is 0.681. The third-order valence-corrected chi connectivity index (χ3v) is 4.61. The zero-order valence-corrected chi connectivity index (χ0v) is 13.6. The highest BCUT2D eigenvalue weighted by molar-refractivity contribution is 6.31. The molecule has 1 unspecified atom stereocenters. The molecule has 0 saturated carbocycles. The van der Waals surface area contributed by atoms with Gasteiger partial charge in [-0.3, -0.25) is 4.90 Å². The molecule has 1 fully saturated rings. The van der Waals surface area contributed by atoms with Crippen LogP contribution in [0.3, 0.4) is 0 Å². The molecule has 0 aliphatic carbocycles. The molecular weight excluding hydrogens is 270 g/mol. The van der Waals surface area contributed by atoms with E-state index in [0.29, 0.717) is 6.04 Å². The summed E-state index contributed by atoms with van der Waals surface area (Å²) in [7, 11) is 1.94. The SMILES string of the molecule is CCN(CC)C1CCN(c2ccc(CNC)c(Cl)c2)C1. The summed E-state index contributed by atoms with van der Waals surface area (Å²) in [6.07, 6.45) is 1.25. The molecule has 3 nitrogen and oxygen atoms in total. The predicted octanol–water partition coefficient (Wildman–Crippen LogP) is 2.98. The van der Waals surface area contributed by atoms with E-state index in [2.05, 4.69) is 47.2 Å². The molecule has 1 heterocycles. The number of hydrogen-bond donors (Lipinski definition) is 1. The number of benzene rings is 1. The van der Waals surface area contributed by atoms with Crippen molar-refractivity contribution < 1.29 is 0 Å². The maximum absolute atomic E-state index is 6.36. The highest BCUT2D eigenvalue weighted by atomic mass is 35.5. The Morgan fingerprint density at radius 3 is 2.70 bits per heavy atom. The molecule has 2 rings (SSSR count). The van der Waals surface area contributed by atoms with Crippen molar-refractivity contribution in [1.29, 1.82) is 0 Å². The van der Waals surface area contributed by atoms with Crippen LogP contribution in [0, 0.1) is 0 Å². The maximum atomic E-state index is 6.36. The van der Waals surface area contributed by atoms with Crippen LogP contribution in [0.15, 0.2) is 18.2 Å². The lowest BCUT2D eigenvalue weighted by Crippen LogP contribution is -2.37. The van der Waals surface area contributed by atoms with Crippen LogP contribution in [0.4, 0.5) is 5.69 Å². The highest BCUT2D eigenvalue weighted by Crippen LogP contribution is 2.27. The molecule has 4 heteroatoms. The minimum absolute atomic E-state index is 0.681. The Morgan fingerprint density at radius 1 is 1.35 bits per heavy atom. The van der Waals surface area contributed by atoms with Gasteiger partial charge in [0.15, 0.2) is 0 Å². The molecule has 1 aliphatic rings. The Labute approximate surface area is 127 Å². The van der Waals surface area contributed by atoms with Gasteiger partial charge in [0.25, 0.3) is 0 Å². The first-order valence-corrected chi connectivity index (χ1v) is 7.99. The van der Waals surface area contributed by atoms with Gasteiger partial charge in [-0.05, 0) is 44.3 Å². The molecule has 1 N–H and O–H groups in total. The Morgan fingerprint density at radius 2 is 2.10 bits per heavy atom. The Kier molecular flexibility index (Phi) is 5.70. The third kappa shape index (κ3) is 3.46. The average Bonchev–Trinajstić information content (AvgIpc) is 2.92. The molecule has 112 valence electrons. The second-order valence-corrected chi connectivity index (χ2v) is 5.82. The van der Waals surface area contributed by atoms with Crippen molar-refractivity contribution in [2.45, 2.75) is 32.9 Å². The molecule has 1 atom stereocenters. The van der Waals surface area contributed by atoms with Crippen LogP contribution in [-0.2, 0) is 6.54 Å². The lowest BCUT2D eigenvalue weighted by atomic mass is 10.2. The van der Waals surface area contributed by atoms with Crippen LogP contribution < -0.4 is 10.2 Å². The monoisotopic (exact) mass is 295 g/mol. The van der Waals surface area contributed by atoms with E-state index in [1.165, 1.54) is 12.1 Å². The predicted molar refractivity (Wildman–Crippen MR) is 87.8 cm³/mol. The summed E-state index contributed by atoms with van der Waals surface area (Å²) in [5, 5.41) is 4.01. The van der Waals surface area contributed by atoms with Crippen LogP contribution >= 0.6 is 11.6 Å². The molecule has 0 bridgehead atoms. The number of nitrogens with one attached hydrogen (secondary N) is 1. The van der Waals surface area contributed by atoms with Crippen LogP contribution in [0.5, 0.6) is 0 Å². The third-order valence-electron chi connectivity index (χ3n) is 4.26. The van der Waals surface area contributed by atoms with E-state index >= 15 is 0 Å². The lowest BCUT2D eigenvalue weighted by molar-refractivity contribution is 0.232. The molecule has 20 heavy (non-hydrogen) atoms. The fourth-order valence-corrected chi connectivity index (χ4v) is 3.32. The standard InChI is InChI=1S/C16H26ClN3/c1-4-19(5-2)15-8-9-20(12-15)14-7-6-13(11-18-3)16(17)10-14/h6-7,10,15,18H,4-5,8-9,11-12H2,1-3H3. The van der Waals surface area contributed by atoms with Gasteiger partial charge in [-0.25, -0.2) is 0 Å². The lowest BCUT2D eigenvalue weighted by Gasteiger charge is -2.26. The second kappa shape index (κ2) is 7.30. The molecule has 0 amide bonds. The smallest absolute Gasteiger partial charge is 0.0471 e. The number of likely N-dealkylation sites (N-methyl/N-ethyl adjacent to an activating group) is 1. The number of anilines is 1. The molecule has 0 radical (unpaired) electrons. The zero-order valence-electron chi connectivity index (χ0n) is 12.8. The fraction of sp³-hybridized carbons (Fsp3) is 0.625. The van der Waals surface area contributed by atoms with Crippen molar-refractivity contribution in [2.75, 3.05) is 38.1 Å². The van der Waals surface area contributed by atoms with Crippen LogP contribution in [0.25, 0.3) is 0 Å². The van der Waals surface area contributed by atoms with Crippen molar-refractivity contribution in [1.82, 2.24) is 10.2 Å². The van der Waals surface area contributed by atoms with Crippen molar-refractivity contribution in [3.63, 3.8) is 0 Å². The van der Waals surface area contributed by atoms with E-state index in [9.17, 15) is 0 Å². The van der Waals surface area contributed by atoms with E-state index in [4.69, 9.17) is 11.6 Å². The number of nitrogens with zero attached hydrogens (tertiary/aromatic N) is 2.